The third kappa shape index (κ3) is 6.11. The molecular formula is C28H29NO11S3. The summed E-state index contributed by atoms with van der Waals surface area (Å²) in [6.45, 7) is 3.13. The van der Waals surface area contributed by atoms with Crippen molar-refractivity contribution < 1.29 is 47.9 Å². The lowest BCUT2D eigenvalue weighted by atomic mass is 10.1. The number of sulfonamides is 1. The molecule has 2 aliphatic rings. The van der Waals surface area contributed by atoms with Gasteiger partial charge in [-0.1, -0.05) is 47.5 Å². The molecule has 0 unspecified atom stereocenters. The van der Waals surface area contributed by atoms with Crippen LogP contribution < -0.4 is 0 Å². The number of rotatable bonds is 10. The maximum Gasteiger partial charge on any atom is 0.297 e. The van der Waals surface area contributed by atoms with Crippen molar-refractivity contribution in [2.24, 2.45) is 0 Å². The van der Waals surface area contributed by atoms with Crippen LogP contribution in [0.4, 0.5) is 0 Å². The first-order valence-electron chi connectivity index (χ1n) is 13.1. The number of carbonyl (C=O) groups excluding carboxylic acids is 1. The van der Waals surface area contributed by atoms with Crippen LogP contribution in [0.5, 0.6) is 0 Å². The van der Waals surface area contributed by atoms with Crippen LogP contribution in [-0.2, 0) is 48.1 Å². The zero-order valence-electron chi connectivity index (χ0n) is 23.3. The number of aryl methyl sites for hydroxylation is 2. The highest BCUT2D eigenvalue weighted by atomic mass is 32.2. The van der Waals surface area contributed by atoms with Crippen LogP contribution in [-0.4, -0.2) is 73.7 Å². The minimum Gasteiger partial charge on any atom is -0.353 e. The van der Waals surface area contributed by atoms with Gasteiger partial charge in [-0.05, 0) is 56.7 Å². The first-order valence-corrected chi connectivity index (χ1v) is 17.3. The first kappa shape index (κ1) is 31.3. The van der Waals surface area contributed by atoms with Crippen LogP contribution in [0, 0.1) is 13.8 Å². The number of hydrogen-bond acceptors (Lipinski definition) is 11. The first-order chi connectivity index (χ1) is 20.2. The molecule has 0 radical (unpaired) electrons. The molecule has 2 heterocycles. The van der Waals surface area contributed by atoms with E-state index in [0.29, 0.717) is 4.31 Å². The molecule has 230 valence electrons. The Morgan fingerprint density at radius 1 is 0.791 bits per heavy atom. The third-order valence-electron chi connectivity index (χ3n) is 7.12. The fourth-order valence-electron chi connectivity index (χ4n) is 4.84. The smallest absolute Gasteiger partial charge is 0.297 e. The fraction of sp³-hybridized carbons (Fsp3) is 0.321. The van der Waals surface area contributed by atoms with Crippen molar-refractivity contribution in [1.82, 2.24) is 4.31 Å². The van der Waals surface area contributed by atoms with Crippen molar-refractivity contribution in [3.63, 3.8) is 0 Å². The maximum absolute atomic E-state index is 13.3. The van der Waals surface area contributed by atoms with Crippen LogP contribution in [0.2, 0.25) is 0 Å². The van der Waals surface area contributed by atoms with Gasteiger partial charge in [-0.25, -0.2) is 12.7 Å². The Hall–Kier alpha value is -3.18. The molecule has 0 bridgehead atoms. The van der Waals surface area contributed by atoms with E-state index < -0.39 is 67.3 Å². The number of fused-ring (bicyclic) bond motifs is 1. The van der Waals surface area contributed by atoms with Crippen LogP contribution >= 0.6 is 0 Å². The quantitative estimate of drug-likeness (QED) is 0.297. The molecule has 3 aromatic rings. The zero-order chi connectivity index (χ0) is 31.2. The molecule has 0 spiro atoms. The van der Waals surface area contributed by atoms with Crippen LogP contribution in [0.25, 0.3) is 0 Å². The van der Waals surface area contributed by atoms with Crippen molar-refractivity contribution in [2.75, 3.05) is 13.7 Å². The second-order valence-corrected chi connectivity index (χ2v) is 15.1. The van der Waals surface area contributed by atoms with E-state index in [1.54, 1.807) is 38.1 Å². The summed E-state index contributed by atoms with van der Waals surface area (Å²) in [5, 5.41) is 0. The molecule has 1 amide bonds. The minimum atomic E-state index is -4.51. The van der Waals surface area contributed by atoms with E-state index >= 15 is 0 Å². The van der Waals surface area contributed by atoms with Crippen molar-refractivity contribution in [2.45, 2.75) is 59.6 Å². The summed E-state index contributed by atoms with van der Waals surface area (Å²) in [7, 11) is -12.0. The Kier molecular flexibility index (Phi) is 8.52. The lowest BCUT2D eigenvalue weighted by Crippen LogP contribution is -2.42. The third-order valence-corrected chi connectivity index (χ3v) is 11.6. The zero-order valence-corrected chi connectivity index (χ0v) is 25.8. The average Bonchev–Trinajstić information content (AvgIpc) is 3.37. The Balaban J connectivity index is 1.46. The molecule has 3 aromatic carbocycles. The number of amides is 1. The lowest BCUT2D eigenvalue weighted by Gasteiger charge is -2.24. The number of hydrogen-bond donors (Lipinski definition) is 0. The molecule has 43 heavy (non-hydrogen) atoms. The molecule has 2 aliphatic heterocycles. The van der Waals surface area contributed by atoms with Gasteiger partial charge in [-0.3, -0.25) is 13.2 Å². The standard InChI is InChI=1S/C28H29NO11S3/c1-18-8-12-20(13-9-18)42(33,34)39-25-23(16-17-29-27(30)22-6-4-5-7-24(22)41(29,31)32)38-28(37-3)26(25)40-43(35,36)21-14-10-19(2)11-15-21/h4-15,23,25-26,28H,16-17H2,1-3H3/t23-,25-,26+,28+/m0/s1. The Bertz CT molecular complexity index is 1840. The maximum atomic E-state index is 13.3. The van der Waals surface area contributed by atoms with Crippen molar-refractivity contribution in [3.05, 3.63) is 89.5 Å². The molecule has 0 saturated carbocycles. The Morgan fingerprint density at radius 2 is 1.30 bits per heavy atom. The molecule has 5 rings (SSSR count). The van der Waals surface area contributed by atoms with Gasteiger partial charge in [-0.15, -0.1) is 0 Å². The van der Waals surface area contributed by atoms with Gasteiger partial charge in [0.15, 0.2) is 12.4 Å². The van der Waals surface area contributed by atoms with Gasteiger partial charge in [-0.2, -0.15) is 16.8 Å². The van der Waals surface area contributed by atoms with E-state index in [4.69, 9.17) is 17.8 Å². The molecule has 1 saturated heterocycles. The van der Waals surface area contributed by atoms with Gasteiger partial charge in [0, 0.05) is 13.7 Å². The van der Waals surface area contributed by atoms with E-state index in [2.05, 4.69) is 0 Å². The van der Waals surface area contributed by atoms with Gasteiger partial charge < -0.3 is 9.47 Å². The highest BCUT2D eigenvalue weighted by Crippen LogP contribution is 2.36. The second kappa shape index (κ2) is 11.7. The SMILES string of the molecule is CO[C@@H]1O[C@@H](CCN2C(=O)c3ccccc3S2(=O)=O)[C@H](OS(=O)(=O)c2ccc(C)cc2)[C@H]1OS(=O)(=O)c1ccc(C)cc1. The number of nitrogens with zero attached hydrogens (tertiary/aromatic N) is 1. The summed E-state index contributed by atoms with van der Waals surface area (Å²) < 4.78 is 102. The second-order valence-electron chi connectivity index (χ2n) is 10.1. The normalized spacial score (nSPS) is 23.4. The topological polar surface area (TPSA) is 160 Å². The number of ether oxygens (including phenoxy) is 2. The molecule has 15 heteroatoms. The largest absolute Gasteiger partial charge is 0.353 e. The molecule has 12 nitrogen and oxygen atoms in total. The molecule has 4 atom stereocenters. The number of benzene rings is 3. The van der Waals surface area contributed by atoms with Gasteiger partial charge in [0.05, 0.1) is 21.5 Å². The molecule has 0 N–H and O–H groups in total. The van der Waals surface area contributed by atoms with E-state index in [0.717, 1.165) is 11.1 Å². The van der Waals surface area contributed by atoms with Gasteiger partial charge in [0.1, 0.15) is 11.0 Å². The van der Waals surface area contributed by atoms with E-state index in [-0.39, 0.29) is 26.7 Å². The average molecular weight is 652 g/mol. The van der Waals surface area contributed by atoms with Crippen LogP contribution in [0.15, 0.2) is 87.5 Å². The van der Waals surface area contributed by atoms with E-state index in [1.165, 1.54) is 55.6 Å². The van der Waals surface area contributed by atoms with Gasteiger partial charge in [0.25, 0.3) is 36.2 Å². The van der Waals surface area contributed by atoms with Crippen molar-refractivity contribution in [1.29, 1.82) is 0 Å². The molecular weight excluding hydrogens is 623 g/mol. The van der Waals surface area contributed by atoms with E-state index in [9.17, 15) is 30.0 Å². The predicted molar refractivity (Wildman–Crippen MR) is 151 cm³/mol. The van der Waals surface area contributed by atoms with Crippen molar-refractivity contribution in [3.8, 4) is 0 Å². The molecule has 1 fully saturated rings. The summed E-state index contributed by atoms with van der Waals surface area (Å²) in [5.74, 6) is -0.753. The lowest BCUT2D eigenvalue weighted by molar-refractivity contribution is -0.143. The van der Waals surface area contributed by atoms with Crippen molar-refractivity contribution >= 4 is 36.2 Å². The predicted octanol–water partition coefficient (Wildman–Crippen LogP) is 2.76. The van der Waals surface area contributed by atoms with Gasteiger partial charge >= 0.3 is 0 Å². The molecule has 0 aliphatic carbocycles. The Morgan fingerprint density at radius 3 is 1.81 bits per heavy atom. The van der Waals surface area contributed by atoms with Gasteiger partial charge in [0.2, 0.25) is 0 Å². The van der Waals surface area contributed by atoms with Crippen LogP contribution in [0.3, 0.4) is 0 Å². The van der Waals surface area contributed by atoms with E-state index in [1.807, 2.05) is 0 Å². The minimum absolute atomic E-state index is 0.00441. The fourth-order valence-corrected chi connectivity index (χ4v) is 8.61. The summed E-state index contributed by atoms with van der Waals surface area (Å²) in [5.41, 5.74) is 1.60. The monoisotopic (exact) mass is 651 g/mol. The molecule has 0 aromatic heterocycles. The number of carbonyl (C=O) groups is 1. The highest BCUT2D eigenvalue weighted by Gasteiger charge is 2.52. The summed E-state index contributed by atoms with van der Waals surface area (Å²) in [4.78, 5) is 12.4. The van der Waals surface area contributed by atoms with Crippen LogP contribution in [0.1, 0.15) is 27.9 Å². The highest BCUT2D eigenvalue weighted by molar-refractivity contribution is 7.90. The number of methoxy groups -OCH3 is 1. The summed E-state index contributed by atoms with van der Waals surface area (Å²) >= 11 is 0. The summed E-state index contributed by atoms with van der Waals surface area (Å²) in [6.07, 6.45) is -6.19. The Labute approximate surface area is 250 Å². The summed E-state index contributed by atoms with van der Waals surface area (Å²) in [6, 6.07) is 17.3.